The molecule has 1 aromatic rings. The van der Waals surface area contributed by atoms with Crippen LogP contribution in [-0.4, -0.2) is 38.1 Å². The Bertz CT molecular complexity index is 439. The number of likely N-dealkylation sites (N-methyl/N-ethyl adjacent to an activating group) is 1. The van der Waals surface area contributed by atoms with E-state index < -0.39 is 5.82 Å². The minimum atomic E-state index is -0.428. The summed E-state index contributed by atoms with van der Waals surface area (Å²) in [5.41, 5.74) is 0.889. The molecule has 0 bridgehead atoms. The summed E-state index contributed by atoms with van der Waals surface area (Å²) in [5.74, 6) is -0.428. The van der Waals surface area contributed by atoms with Gasteiger partial charge in [0.05, 0.1) is 5.69 Å². The zero-order valence-corrected chi connectivity index (χ0v) is 9.99. The molecule has 1 saturated heterocycles. The second-order valence-electron chi connectivity index (χ2n) is 4.39. The molecule has 17 heavy (non-hydrogen) atoms. The standard InChI is InChI=1S/C13H16FN3/c1-16-6-3-7-17(9-8-16)13-5-2-4-12(14)11(13)10-15/h2,4-5H,3,6-9H2,1H3. The monoisotopic (exact) mass is 233 g/mol. The van der Waals surface area contributed by atoms with E-state index in [0.717, 1.165) is 38.3 Å². The van der Waals surface area contributed by atoms with Gasteiger partial charge in [-0.2, -0.15) is 5.26 Å². The third-order valence-electron chi connectivity index (χ3n) is 3.16. The smallest absolute Gasteiger partial charge is 0.143 e. The van der Waals surface area contributed by atoms with Crippen molar-refractivity contribution < 1.29 is 4.39 Å². The second-order valence-corrected chi connectivity index (χ2v) is 4.39. The van der Waals surface area contributed by atoms with Gasteiger partial charge >= 0.3 is 0 Å². The molecule has 90 valence electrons. The molecule has 1 fully saturated rings. The molecule has 1 aliphatic heterocycles. The number of hydrogen-bond donors (Lipinski definition) is 0. The van der Waals surface area contributed by atoms with E-state index in [9.17, 15) is 4.39 Å². The van der Waals surface area contributed by atoms with Crippen LogP contribution < -0.4 is 4.90 Å². The van der Waals surface area contributed by atoms with Gasteiger partial charge < -0.3 is 9.80 Å². The van der Waals surface area contributed by atoms with Crippen LogP contribution in [0.4, 0.5) is 10.1 Å². The number of hydrogen-bond acceptors (Lipinski definition) is 3. The van der Waals surface area contributed by atoms with Crippen LogP contribution in [0.2, 0.25) is 0 Å². The lowest BCUT2D eigenvalue weighted by Gasteiger charge is -2.23. The summed E-state index contributed by atoms with van der Waals surface area (Å²) in [5, 5.41) is 9.03. The number of rotatable bonds is 1. The van der Waals surface area contributed by atoms with Crippen molar-refractivity contribution >= 4 is 5.69 Å². The van der Waals surface area contributed by atoms with Crippen molar-refractivity contribution in [2.24, 2.45) is 0 Å². The molecular weight excluding hydrogens is 217 g/mol. The van der Waals surface area contributed by atoms with E-state index >= 15 is 0 Å². The molecule has 1 heterocycles. The SMILES string of the molecule is CN1CCCN(c2cccc(F)c2C#N)CC1. The van der Waals surface area contributed by atoms with E-state index in [1.165, 1.54) is 6.07 Å². The molecule has 0 unspecified atom stereocenters. The Kier molecular flexibility index (Phi) is 3.60. The highest BCUT2D eigenvalue weighted by atomic mass is 19.1. The Morgan fingerprint density at radius 2 is 2.06 bits per heavy atom. The maximum absolute atomic E-state index is 13.5. The van der Waals surface area contributed by atoms with Gasteiger partial charge in [0.25, 0.3) is 0 Å². The fraction of sp³-hybridized carbons (Fsp3) is 0.462. The highest BCUT2D eigenvalue weighted by Crippen LogP contribution is 2.23. The van der Waals surface area contributed by atoms with Crippen LogP contribution in [0.1, 0.15) is 12.0 Å². The van der Waals surface area contributed by atoms with Gasteiger partial charge in [-0.3, -0.25) is 0 Å². The van der Waals surface area contributed by atoms with Crippen LogP contribution in [0.3, 0.4) is 0 Å². The first-order valence-electron chi connectivity index (χ1n) is 5.84. The molecule has 0 saturated carbocycles. The molecule has 0 amide bonds. The van der Waals surface area contributed by atoms with Crippen molar-refractivity contribution in [2.45, 2.75) is 6.42 Å². The third kappa shape index (κ3) is 2.56. The van der Waals surface area contributed by atoms with E-state index in [4.69, 9.17) is 5.26 Å². The predicted octanol–water partition coefficient (Wildman–Crippen LogP) is 1.84. The topological polar surface area (TPSA) is 30.3 Å². The Labute approximate surface area is 101 Å². The minimum Gasteiger partial charge on any atom is -0.369 e. The van der Waals surface area contributed by atoms with Gasteiger partial charge in [-0.15, -0.1) is 0 Å². The first kappa shape index (κ1) is 11.9. The number of benzene rings is 1. The molecule has 1 aromatic carbocycles. The molecule has 0 radical (unpaired) electrons. The number of nitriles is 1. The third-order valence-corrected chi connectivity index (χ3v) is 3.16. The lowest BCUT2D eigenvalue weighted by atomic mass is 10.1. The summed E-state index contributed by atoms with van der Waals surface area (Å²) in [6.07, 6.45) is 1.04. The Morgan fingerprint density at radius 3 is 2.82 bits per heavy atom. The zero-order valence-electron chi connectivity index (χ0n) is 9.99. The van der Waals surface area contributed by atoms with Crippen molar-refractivity contribution in [3.05, 3.63) is 29.6 Å². The van der Waals surface area contributed by atoms with Crippen LogP contribution in [-0.2, 0) is 0 Å². The molecular formula is C13H16FN3. The fourth-order valence-corrected chi connectivity index (χ4v) is 2.17. The van der Waals surface area contributed by atoms with Crippen LogP contribution in [0.25, 0.3) is 0 Å². The largest absolute Gasteiger partial charge is 0.369 e. The summed E-state index contributed by atoms with van der Waals surface area (Å²) in [6.45, 7) is 3.71. The average molecular weight is 233 g/mol. The molecule has 3 nitrogen and oxygen atoms in total. The van der Waals surface area contributed by atoms with E-state index in [1.54, 1.807) is 6.07 Å². The van der Waals surface area contributed by atoms with E-state index in [0.29, 0.717) is 0 Å². The van der Waals surface area contributed by atoms with Crippen molar-refractivity contribution in [1.29, 1.82) is 5.26 Å². The minimum absolute atomic E-state index is 0.164. The van der Waals surface area contributed by atoms with Crippen LogP contribution in [0.15, 0.2) is 18.2 Å². The molecule has 4 heteroatoms. The summed E-state index contributed by atoms with van der Waals surface area (Å²) in [4.78, 5) is 4.36. The van der Waals surface area contributed by atoms with E-state index in [-0.39, 0.29) is 5.56 Å². The van der Waals surface area contributed by atoms with Crippen LogP contribution in [0.5, 0.6) is 0 Å². The van der Waals surface area contributed by atoms with Gasteiger partial charge in [0, 0.05) is 19.6 Å². The summed E-state index contributed by atoms with van der Waals surface area (Å²) in [7, 11) is 2.08. The Hall–Kier alpha value is -1.60. The van der Waals surface area contributed by atoms with Crippen molar-refractivity contribution in [1.82, 2.24) is 4.90 Å². The normalized spacial score (nSPS) is 17.6. The number of nitrogens with zero attached hydrogens (tertiary/aromatic N) is 3. The second kappa shape index (κ2) is 5.15. The lowest BCUT2D eigenvalue weighted by Crippen LogP contribution is -2.29. The van der Waals surface area contributed by atoms with Gasteiger partial charge in [0.2, 0.25) is 0 Å². The fourth-order valence-electron chi connectivity index (χ4n) is 2.17. The summed E-state index contributed by atoms with van der Waals surface area (Å²) >= 11 is 0. The van der Waals surface area contributed by atoms with Crippen molar-refractivity contribution in [2.75, 3.05) is 38.1 Å². The number of halogens is 1. The summed E-state index contributed by atoms with van der Waals surface area (Å²) < 4.78 is 13.5. The van der Waals surface area contributed by atoms with Gasteiger partial charge in [0.1, 0.15) is 17.4 Å². The highest BCUT2D eigenvalue weighted by molar-refractivity contribution is 5.59. The first-order chi connectivity index (χ1) is 8.22. The average Bonchev–Trinajstić information content (AvgIpc) is 2.54. The molecule has 0 aromatic heterocycles. The Morgan fingerprint density at radius 1 is 1.24 bits per heavy atom. The predicted molar refractivity (Wildman–Crippen MR) is 65.4 cm³/mol. The summed E-state index contributed by atoms with van der Waals surface area (Å²) in [6, 6.07) is 6.79. The van der Waals surface area contributed by atoms with Gasteiger partial charge in [-0.05, 0) is 32.1 Å². The molecule has 2 rings (SSSR count). The molecule has 0 N–H and O–H groups in total. The highest BCUT2D eigenvalue weighted by Gasteiger charge is 2.17. The maximum atomic E-state index is 13.5. The Balaban J connectivity index is 2.28. The van der Waals surface area contributed by atoms with Gasteiger partial charge in [-0.1, -0.05) is 6.07 Å². The van der Waals surface area contributed by atoms with Crippen LogP contribution in [0, 0.1) is 17.1 Å². The first-order valence-corrected chi connectivity index (χ1v) is 5.84. The van der Waals surface area contributed by atoms with Crippen molar-refractivity contribution in [3.63, 3.8) is 0 Å². The molecule has 0 atom stereocenters. The van der Waals surface area contributed by atoms with E-state index in [1.807, 2.05) is 12.1 Å². The molecule has 0 spiro atoms. The molecule has 1 aliphatic rings. The van der Waals surface area contributed by atoms with Crippen molar-refractivity contribution in [3.8, 4) is 6.07 Å². The molecule has 0 aliphatic carbocycles. The maximum Gasteiger partial charge on any atom is 0.143 e. The lowest BCUT2D eigenvalue weighted by molar-refractivity contribution is 0.360. The number of anilines is 1. The van der Waals surface area contributed by atoms with Crippen LogP contribution >= 0.6 is 0 Å². The quantitative estimate of drug-likeness (QED) is 0.741. The van der Waals surface area contributed by atoms with Gasteiger partial charge in [-0.25, -0.2) is 4.39 Å². The zero-order chi connectivity index (χ0) is 12.3. The van der Waals surface area contributed by atoms with Gasteiger partial charge in [0.15, 0.2) is 0 Å². The van der Waals surface area contributed by atoms with E-state index in [2.05, 4.69) is 16.8 Å².